The first kappa shape index (κ1) is 54.8. The number of aromatic nitrogens is 3. The molecule has 7 heteroatoms. The zero-order valence-electron chi connectivity index (χ0n) is 43.6. The Labute approximate surface area is 496 Å². The summed E-state index contributed by atoms with van der Waals surface area (Å²) in [6.07, 6.45) is 9.00. The van der Waals surface area contributed by atoms with Crippen molar-refractivity contribution in [1.82, 2.24) is 13.7 Å². The summed E-state index contributed by atoms with van der Waals surface area (Å²) in [6.45, 7) is 5.67. The van der Waals surface area contributed by atoms with Crippen LogP contribution >= 0.6 is 15.8 Å². The van der Waals surface area contributed by atoms with Crippen molar-refractivity contribution in [2.75, 3.05) is 0 Å². The molecular weight excluding hydrogens is 1360 g/mol. The second-order valence-electron chi connectivity index (χ2n) is 19.2. The van der Waals surface area contributed by atoms with Gasteiger partial charge in [-0.2, -0.15) is 5.56 Å². The van der Waals surface area contributed by atoms with Crippen LogP contribution in [-0.4, -0.2) is 13.7 Å². The molecule has 0 aliphatic rings. The van der Waals surface area contributed by atoms with E-state index in [0.29, 0.717) is 0 Å². The van der Waals surface area contributed by atoms with Gasteiger partial charge in [-0.3, -0.25) is 12.5 Å². The molecule has 0 aliphatic carbocycles. The van der Waals surface area contributed by atoms with E-state index in [-0.39, 0.29) is 44.8 Å². The van der Waals surface area contributed by atoms with Crippen molar-refractivity contribution < 1.29 is 44.8 Å². The Bertz CT molecular complexity index is 4370. The fourth-order valence-corrected chi connectivity index (χ4v) is 17.4. The Balaban J connectivity index is 0.000000168. The Hall–Kier alpha value is -7.54. The molecule has 3 aromatic heterocycles. The van der Waals surface area contributed by atoms with Gasteiger partial charge in [0.25, 0.3) is 0 Å². The summed E-state index contributed by atoms with van der Waals surface area (Å²) in [5.41, 5.74) is 10.3. The first-order valence-electron chi connectivity index (χ1n) is 26.0. The van der Waals surface area contributed by atoms with Crippen LogP contribution in [0.3, 0.4) is 0 Å². The topological polar surface area (TPSA) is 14.8 Å². The third-order valence-corrected chi connectivity index (χ3v) is 20.6. The Morgan fingerprint density at radius 2 is 0.734 bits per heavy atom. The third kappa shape index (κ3) is 10.5. The first-order chi connectivity index (χ1) is 38.0. The number of benzene rings is 11. The molecule has 11 aromatic carbocycles. The summed E-state index contributed by atoms with van der Waals surface area (Å²) in [6, 6.07) is 98.6. The van der Waals surface area contributed by atoms with E-state index in [9.17, 15) is 0 Å². The van der Waals surface area contributed by atoms with Crippen LogP contribution in [0.15, 0.2) is 273 Å². The van der Waals surface area contributed by atoms with Gasteiger partial charge in [-0.05, 0) is 107 Å². The van der Waals surface area contributed by atoms with E-state index in [1.807, 2.05) is 43.4 Å². The van der Waals surface area contributed by atoms with Gasteiger partial charge in [-0.15, -0.1) is 17.7 Å². The molecule has 3 nitrogen and oxygen atoms in total. The quantitative estimate of drug-likeness (QED) is 0.0623. The van der Waals surface area contributed by atoms with Crippen molar-refractivity contribution in [3.8, 4) is 11.6 Å². The maximum atomic E-state index is 7.33. The fourth-order valence-electron chi connectivity index (χ4n) is 11.4. The van der Waals surface area contributed by atoms with E-state index in [1.165, 1.54) is 97.4 Å². The Morgan fingerprint density at radius 3 is 1.20 bits per heavy atom. The van der Waals surface area contributed by atoms with Crippen LogP contribution in [0.5, 0.6) is 0 Å². The molecule has 0 saturated heterocycles. The van der Waals surface area contributed by atoms with E-state index in [1.54, 1.807) is 6.08 Å². The average molecular weight is 1420 g/mol. The average Bonchev–Trinajstić information content (AvgIpc) is 4.33. The van der Waals surface area contributed by atoms with Crippen molar-refractivity contribution in [2.45, 2.75) is 0 Å². The van der Waals surface area contributed by atoms with Gasteiger partial charge in [0.15, 0.2) is 0 Å². The van der Waals surface area contributed by atoms with Gasteiger partial charge in [0.1, 0.15) is 47.7 Å². The second kappa shape index (κ2) is 24.6. The van der Waals surface area contributed by atoms with Crippen LogP contribution in [0.1, 0.15) is 11.1 Å². The molecule has 0 amide bonds. The number of aryl methyl sites for hydroxylation is 2. The minimum absolute atomic E-state index is 0. The molecule has 79 heavy (non-hydrogen) atoms. The molecule has 14 rings (SSSR count). The molecule has 0 spiro atoms. The van der Waals surface area contributed by atoms with Crippen molar-refractivity contribution in [3.05, 3.63) is 297 Å². The predicted octanol–water partition coefficient (Wildman–Crippen LogP) is 14.8. The van der Waals surface area contributed by atoms with Crippen molar-refractivity contribution in [2.24, 2.45) is 14.1 Å². The number of hydrogen-bond donors (Lipinski definition) is 0. The standard InChI is InChI=1S/C42H31NP2.C15H12N.C15H10N.2Au/c1-6-18-32(19-7-1)43-39-29-17-16-28-37(39)38-30-41(44(33-20-8-2-9-21-33)34-22-10-3-11-23-34)42(31-40(38)43)45(35-24-12-4-13-25-35)36-26-14-5-15-27-36;2*1-3-11-7-6-9-13-12-8-4-5-10-14(12)16(2)15(11)13;;/h1-31H;1,3-10H,2H3;4-10H,2H3;;/q;2*-1;2*+1/p+2. The molecule has 3 heterocycles. The zero-order chi connectivity index (χ0) is 52.2. The van der Waals surface area contributed by atoms with E-state index in [4.69, 9.17) is 13.0 Å². The number of rotatable bonds is 8. The SMILES string of the molecule is [Au+].[Au+].[C-]#Cc1cccc2c3ccccc3n(C)c12.[CH-]=Cc1cccc2c3ccccc3n(C)c12.c1ccc(-n2c3ccccc3c3cc([PH+](c4ccccc4)c4ccccc4)c([PH+](c4ccccc4)c4ccccc4)cc32)cc1. The number of fused-ring (bicyclic) bond motifs is 9. The summed E-state index contributed by atoms with van der Waals surface area (Å²) in [5, 5.41) is 16.1. The number of hydrogen-bond acceptors (Lipinski definition) is 0. The van der Waals surface area contributed by atoms with Crippen molar-refractivity contribution in [1.29, 1.82) is 0 Å². The molecule has 0 radical (unpaired) electrons. The van der Waals surface area contributed by atoms with Gasteiger partial charge in [0.05, 0.1) is 11.0 Å². The predicted molar refractivity (Wildman–Crippen MR) is 337 cm³/mol. The summed E-state index contributed by atoms with van der Waals surface area (Å²) < 4.78 is 6.79. The van der Waals surface area contributed by atoms with Crippen LogP contribution in [0.25, 0.3) is 77.2 Å². The molecule has 14 aromatic rings. The van der Waals surface area contributed by atoms with Gasteiger partial charge in [0.2, 0.25) is 0 Å². The maximum Gasteiger partial charge on any atom is 1.00 e. The third-order valence-electron chi connectivity index (χ3n) is 14.8. The Morgan fingerprint density at radius 1 is 0.367 bits per heavy atom. The molecule has 0 unspecified atom stereocenters. The van der Waals surface area contributed by atoms with Gasteiger partial charge < -0.3 is 20.1 Å². The summed E-state index contributed by atoms with van der Waals surface area (Å²) >= 11 is 0. The monoisotopic (exact) mass is 1420 g/mol. The van der Waals surface area contributed by atoms with E-state index in [0.717, 1.165) is 16.6 Å². The largest absolute Gasteiger partial charge is 1.00 e. The van der Waals surface area contributed by atoms with E-state index < -0.39 is 15.8 Å². The van der Waals surface area contributed by atoms with Crippen LogP contribution < -0.4 is 31.8 Å². The molecule has 0 bridgehead atoms. The molecular formula is C72H55Au2N3P2+2. The van der Waals surface area contributed by atoms with Crippen LogP contribution in [0.2, 0.25) is 0 Å². The van der Waals surface area contributed by atoms with Gasteiger partial charge in [-0.25, -0.2) is 6.08 Å². The van der Waals surface area contributed by atoms with Crippen molar-refractivity contribution >= 4 is 119 Å². The normalized spacial score (nSPS) is 11.0. The molecule has 0 atom stereocenters. The van der Waals surface area contributed by atoms with Crippen molar-refractivity contribution in [3.63, 3.8) is 0 Å². The summed E-state index contributed by atoms with van der Waals surface area (Å²) in [4.78, 5) is 0. The molecule has 0 saturated carbocycles. The molecule has 388 valence electrons. The van der Waals surface area contributed by atoms with Gasteiger partial charge in [0, 0.05) is 58.4 Å². The summed E-state index contributed by atoms with van der Waals surface area (Å²) in [7, 11) is 1.37. The van der Waals surface area contributed by atoms with E-state index in [2.05, 4.69) is 263 Å². The smallest absolute Gasteiger partial charge is 0.366 e. The van der Waals surface area contributed by atoms with Crippen LogP contribution in [0, 0.1) is 18.9 Å². The minimum atomic E-state index is -1.38. The first-order valence-corrected chi connectivity index (χ1v) is 29.0. The molecule has 0 N–H and O–H groups in total. The van der Waals surface area contributed by atoms with Gasteiger partial charge in [-0.1, -0.05) is 170 Å². The number of nitrogens with zero attached hydrogens (tertiary/aromatic N) is 3. The van der Waals surface area contributed by atoms with E-state index >= 15 is 0 Å². The second-order valence-corrected chi connectivity index (χ2v) is 24.1. The van der Waals surface area contributed by atoms with Gasteiger partial charge >= 0.3 is 44.8 Å². The maximum absolute atomic E-state index is 7.33. The number of para-hydroxylation sites is 6. The molecule has 0 aliphatic heterocycles. The minimum Gasteiger partial charge on any atom is -0.366 e. The zero-order valence-corrected chi connectivity index (χ0v) is 49.9. The fraction of sp³-hybridized carbons (Fsp3) is 0.0278. The Kier molecular flexibility index (Phi) is 17.1. The molecule has 0 fully saturated rings. The van der Waals surface area contributed by atoms with Crippen LogP contribution in [-0.2, 0) is 58.9 Å². The summed E-state index contributed by atoms with van der Waals surface area (Å²) in [5.74, 6) is 2.50. The van der Waals surface area contributed by atoms with Crippen LogP contribution in [0.4, 0.5) is 0 Å².